The number of sulfonamides is 1. The van der Waals surface area contributed by atoms with Crippen molar-refractivity contribution >= 4 is 34.0 Å². The van der Waals surface area contributed by atoms with E-state index in [1.807, 2.05) is 13.8 Å². The minimum absolute atomic E-state index is 0. The first-order valence-corrected chi connectivity index (χ1v) is 10.7. The number of amides is 1. The predicted octanol–water partition coefficient (Wildman–Crippen LogP) is 1.84. The average Bonchev–Trinajstić information content (AvgIpc) is 2.68. The molecule has 28 heavy (non-hydrogen) atoms. The highest BCUT2D eigenvalue weighted by Crippen LogP contribution is 2.30. The van der Waals surface area contributed by atoms with Crippen molar-refractivity contribution in [3.05, 3.63) is 18.2 Å². The molecule has 1 aliphatic rings. The lowest BCUT2D eigenvalue weighted by molar-refractivity contribution is -0.118. The van der Waals surface area contributed by atoms with E-state index in [9.17, 15) is 13.2 Å². The van der Waals surface area contributed by atoms with Crippen molar-refractivity contribution in [1.82, 2.24) is 4.31 Å². The molecule has 1 aromatic rings. The van der Waals surface area contributed by atoms with Crippen LogP contribution in [0.25, 0.3) is 0 Å². The maximum absolute atomic E-state index is 13.1. The molecular formula is C18H30ClN3O5S. The summed E-state index contributed by atoms with van der Waals surface area (Å²) in [5.74, 6) is -0.0688. The van der Waals surface area contributed by atoms with Crippen LogP contribution in [0.15, 0.2) is 23.1 Å². The van der Waals surface area contributed by atoms with Crippen LogP contribution in [-0.2, 0) is 19.6 Å². The number of nitrogens with two attached hydrogens (primary N) is 1. The van der Waals surface area contributed by atoms with E-state index in [-0.39, 0.29) is 48.0 Å². The zero-order valence-corrected chi connectivity index (χ0v) is 18.1. The predicted molar refractivity (Wildman–Crippen MR) is 110 cm³/mol. The third kappa shape index (κ3) is 5.81. The fraction of sp³-hybridized carbons (Fsp3) is 0.611. The number of rotatable bonds is 8. The molecule has 0 saturated carbocycles. The second-order valence-corrected chi connectivity index (χ2v) is 8.42. The second kappa shape index (κ2) is 11.0. The summed E-state index contributed by atoms with van der Waals surface area (Å²) in [6.45, 7) is 7.24. The number of ether oxygens (including phenoxy) is 2. The van der Waals surface area contributed by atoms with Crippen molar-refractivity contribution in [3.8, 4) is 5.75 Å². The first-order valence-electron chi connectivity index (χ1n) is 9.22. The van der Waals surface area contributed by atoms with E-state index in [1.54, 1.807) is 19.1 Å². The summed E-state index contributed by atoms with van der Waals surface area (Å²) < 4.78 is 38.2. The van der Waals surface area contributed by atoms with Gasteiger partial charge in [0.2, 0.25) is 15.9 Å². The summed E-state index contributed by atoms with van der Waals surface area (Å²) >= 11 is 0. The smallest absolute Gasteiger partial charge is 0.246 e. The van der Waals surface area contributed by atoms with Gasteiger partial charge in [0.15, 0.2) is 0 Å². The Hall–Kier alpha value is -1.39. The number of hydrogen-bond acceptors (Lipinski definition) is 6. The van der Waals surface area contributed by atoms with E-state index in [1.165, 1.54) is 10.4 Å². The summed E-state index contributed by atoms with van der Waals surface area (Å²) in [6.07, 6.45) is 0.772. The lowest BCUT2D eigenvalue weighted by Gasteiger charge is -2.27. The standard InChI is InChI=1S/C18H29N3O5S.ClH/c1-4-13(3)17(19)18(22)20-14-6-7-15(26-5-2)16(12-14)27(23,24)21-8-10-25-11-9-21;/h6-7,12-13,17H,4-5,8-11,19H2,1-3H3,(H,20,22);1H. The molecule has 1 saturated heterocycles. The molecule has 0 aliphatic carbocycles. The number of halogens is 1. The van der Waals surface area contributed by atoms with Crippen molar-refractivity contribution < 1.29 is 22.7 Å². The Morgan fingerprint density at radius 3 is 2.54 bits per heavy atom. The molecule has 1 aliphatic heterocycles. The van der Waals surface area contributed by atoms with Crippen LogP contribution in [0.1, 0.15) is 27.2 Å². The second-order valence-electron chi connectivity index (χ2n) is 6.51. The molecule has 2 unspecified atom stereocenters. The van der Waals surface area contributed by atoms with Gasteiger partial charge in [-0.15, -0.1) is 12.4 Å². The normalized spacial score (nSPS) is 17.3. The van der Waals surface area contributed by atoms with Crippen molar-refractivity contribution in [2.24, 2.45) is 11.7 Å². The summed E-state index contributed by atoms with van der Waals surface area (Å²) in [6, 6.07) is 3.93. The molecule has 0 spiro atoms. The minimum atomic E-state index is -3.77. The van der Waals surface area contributed by atoms with Gasteiger partial charge in [0.1, 0.15) is 10.6 Å². The van der Waals surface area contributed by atoms with E-state index in [4.69, 9.17) is 15.2 Å². The Balaban J connectivity index is 0.00000392. The monoisotopic (exact) mass is 435 g/mol. The molecule has 1 aromatic carbocycles. The molecule has 3 N–H and O–H groups in total. The lowest BCUT2D eigenvalue weighted by Crippen LogP contribution is -2.41. The van der Waals surface area contributed by atoms with Crippen molar-refractivity contribution in [2.45, 2.75) is 38.1 Å². The Bertz CT molecular complexity index is 754. The molecule has 8 nitrogen and oxygen atoms in total. The molecule has 2 rings (SSSR count). The van der Waals surface area contributed by atoms with Gasteiger partial charge in [-0.1, -0.05) is 20.3 Å². The van der Waals surface area contributed by atoms with Crippen LogP contribution in [0.4, 0.5) is 5.69 Å². The largest absolute Gasteiger partial charge is 0.492 e. The van der Waals surface area contributed by atoms with Crippen LogP contribution in [0.2, 0.25) is 0 Å². The molecule has 1 heterocycles. The number of carbonyl (C=O) groups excluding carboxylic acids is 1. The first-order chi connectivity index (χ1) is 12.8. The van der Waals surface area contributed by atoms with E-state index in [0.29, 0.717) is 25.5 Å². The maximum Gasteiger partial charge on any atom is 0.246 e. The summed E-state index contributed by atoms with van der Waals surface area (Å²) in [7, 11) is -3.77. The average molecular weight is 436 g/mol. The van der Waals surface area contributed by atoms with Gasteiger partial charge in [0.25, 0.3) is 0 Å². The summed E-state index contributed by atoms with van der Waals surface area (Å²) in [5, 5.41) is 2.71. The SMILES string of the molecule is CCOc1ccc(NC(=O)C(N)C(C)CC)cc1S(=O)(=O)N1CCOCC1.Cl. The molecule has 1 amide bonds. The first kappa shape index (κ1) is 24.6. The van der Waals surface area contributed by atoms with Gasteiger partial charge in [0.05, 0.1) is 25.9 Å². The number of nitrogens with zero attached hydrogens (tertiary/aromatic N) is 1. The lowest BCUT2D eigenvalue weighted by atomic mass is 9.99. The van der Waals surface area contributed by atoms with E-state index in [2.05, 4.69) is 5.32 Å². The third-order valence-electron chi connectivity index (χ3n) is 4.66. The Kier molecular flexibility index (Phi) is 9.65. The highest BCUT2D eigenvalue weighted by atomic mass is 35.5. The van der Waals surface area contributed by atoms with Gasteiger partial charge in [-0.2, -0.15) is 4.31 Å². The molecular weight excluding hydrogens is 406 g/mol. The van der Waals surface area contributed by atoms with Gasteiger partial charge >= 0.3 is 0 Å². The fourth-order valence-electron chi connectivity index (χ4n) is 2.73. The molecule has 160 valence electrons. The van der Waals surface area contributed by atoms with Gasteiger partial charge in [0, 0.05) is 18.8 Å². The van der Waals surface area contributed by atoms with E-state index >= 15 is 0 Å². The highest BCUT2D eigenvalue weighted by Gasteiger charge is 2.30. The quantitative estimate of drug-likeness (QED) is 0.644. The maximum atomic E-state index is 13.1. The fourth-order valence-corrected chi connectivity index (χ4v) is 4.29. The number of morpholine rings is 1. The van der Waals surface area contributed by atoms with Crippen molar-refractivity contribution in [3.63, 3.8) is 0 Å². The molecule has 0 radical (unpaired) electrons. The minimum Gasteiger partial charge on any atom is -0.492 e. The Morgan fingerprint density at radius 1 is 1.32 bits per heavy atom. The molecule has 10 heteroatoms. The summed E-state index contributed by atoms with van der Waals surface area (Å²) in [5.41, 5.74) is 6.33. The highest BCUT2D eigenvalue weighted by molar-refractivity contribution is 7.89. The van der Waals surface area contributed by atoms with Gasteiger partial charge in [-0.25, -0.2) is 8.42 Å². The Morgan fingerprint density at radius 2 is 1.96 bits per heavy atom. The van der Waals surface area contributed by atoms with Crippen LogP contribution >= 0.6 is 12.4 Å². The van der Waals surface area contributed by atoms with Crippen LogP contribution < -0.4 is 15.8 Å². The number of nitrogens with one attached hydrogen (secondary N) is 1. The van der Waals surface area contributed by atoms with E-state index in [0.717, 1.165) is 6.42 Å². The molecule has 2 atom stereocenters. The molecule has 1 fully saturated rings. The van der Waals surface area contributed by atoms with Crippen LogP contribution in [0, 0.1) is 5.92 Å². The van der Waals surface area contributed by atoms with Gasteiger partial charge in [-0.3, -0.25) is 4.79 Å². The molecule has 0 aromatic heterocycles. The van der Waals surface area contributed by atoms with Gasteiger partial charge < -0.3 is 20.5 Å². The molecule has 0 bridgehead atoms. The number of benzene rings is 1. The van der Waals surface area contributed by atoms with Crippen LogP contribution in [0.3, 0.4) is 0 Å². The number of anilines is 1. The van der Waals surface area contributed by atoms with E-state index < -0.39 is 16.1 Å². The zero-order chi connectivity index (χ0) is 20.0. The van der Waals surface area contributed by atoms with Crippen molar-refractivity contribution in [1.29, 1.82) is 0 Å². The Labute approximate surface area is 173 Å². The van der Waals surface area contributed by atoms with Gasteiger partial charge in [-0.05, 0) is 31.0 Å². The third-order valence-corrected chi connectivity index (χ3v) is 6.58. The van der Waals surface area contributed by atoms with Crippen molar-refractivity contribution in [2.75, 3.05) is 38.2 Å². The summed E-state index contributed by atoms with van der Waals surface area (Å²) in [4.78, 5) is 12.4. The van der Waals surface area contributed by atoms with Crippen LogP contribution in [-0.4, -0.2) is 57.6 Å². The topological polar surface area (TPSA) is 111 Å². The number of carbonyl (C=O) groups is 1. The number of hydrogen-bond donors (Lipinski definition) is 2. The zero-order valence-electron chi connectivity index (χ0n) is 16.5. The van der Waals surface area contributed by atoms with Crippen LogP contribution in [0.5, 0.6) is 5.75 Å².